The van der Waals surface area contributed by atoms with Gasteiger partial charge in [0.15, 0.2) is 0 Å². The second-order valence-corrected chi connectivity index (χ2v) is 4.06. The van der Waals surface area contributed by atoms with Crippen molar-refractivity contribution in [3.8, 4) is 0 Å². The van der Waals surface area contributed by atoms with Crippen molar-refractivity contribution in [3.05, 3.63) is 15.5 Å². The predicted molar refractivity (Wildman–Crippen MR) is 60.9 cm³/mol. The van der Waals surface area contributed by atoms with Crippen LogP contribution >= 0.6 is 22.6 Å². The van der Waals surface area contributed by atoms with Gasteiger partial charge in [-0.25, -0.2) is 0 Å². The van der Waals surface area contributed by atoms with E-state index in [0.717, 1.165) is 9.26 Å². The Morgan fingerprint density at radius 1 is 1.71 bits per heavy atom. The summed E-state index contributed by atoms with van der Waals surface area (Å²) in [6, 6.07) is 0. The highest BCUT2D eigenvalue weighted by molar-refractivity contribution is 14.1. The maximum atomic E-state index is 11.1. The van der Waals surface area contributed by atoms with Crippen molar-refractivity contribution in [3.63, 3.8) is 0 Å². The average Bonchev–Trinajstić information content (AvgIpc) is 2.42. The van der Waals surface area contributed by atoms with Crippen LogP contribution < -0.4 is 0 Å². The summed E-state index contributed by atoms with van der Waals surface area (Å²) in [4.78, 5) is 11.1. The maximum absolute atomic E-state index is 11.1. The van der Waals surface area contributed by atoms with Crippen LogP contribution in [0.4, 0.5) is 0 Å². The third-order valence-corrected chi connectivity index (χ3v) is 2.63. The zero-order chi connectivity index (χ0) is 10.6. The first kappa shape index (κ1) is 11.5. The van der Waals surface area contributed by atoms with Crippen LogP contribution in [0.3, 0.4) is 0 Å². The molecule has 1 aromatic rings. The van der Waals surface area contributed by atoms with Crippen molar-refractivity contribution in [2.45, 2.75) is 19.8 Å². The van der Waals surface area contributed by atoms with Gasteiger partial charge in [-0.15, -0.1) is 0 Å². The van der Waals surface area contributed by atoms with E-state index in [0.29, 0.717) is 19.4 Å². The molecule has 0 saturated carbocycles. The maximum Gasteiger partial charge on any atom is 0.306 e. The Morgan fingerprint density at radius 3 is 2.93 bits per heavy atom. The summed E-state index contributed by atoms with van der Waals surface area (Å²) in [5, 5.41) is 4.24. The fraction of sp³-hybridized carbons (Fsp3) is 0.556. The first-order valence-corrected chi connectivity index (χ1v) is 5.55. The molecule has 5 heteroatoms. The number of nitrogens with zero attached hydrogens (tertiary/aromatic N) is 2. The Morgan fingerprint density at radius 2 is 2.43 bits per heavy atom. The largest absolute Gasteiger partial charge is 0.466 e. The Balaban J connectivity index is 2.45. The number of esters is 1. The summed E-state index contributed by atoms with van der Waals surface area (Å²) in [6.07, 6.45) is 2.99. The molecule has 0 aliphatic rings. The Hall–Kier alpha value is -0.590. The monoisotopic (exact) mass is 308 g/mol. The summed E-state index contributed by atoms with van der Waals surface area (Å²) in [5.41, 5.74) is 0.959. The highest BCUT2D eigenvalue weighted by Gasteiger charge is 2.08. The number of rotatable bonds is 4. The highest BCUT2D eigenvalue weighted by atomic mass is 127. The van der Waals surface area contributed by atoms with Gasteiger partial charge in [-0.3, -0.25) is 9.48 Å². The van der Waals surface area contributed by atoms with Crippen LogP contribution in [-0.2, 0) is 23.0 Å². The van der Waals surface area contributed by atoms with Gasteiger partial charge in [0.05, 0.1) is 22.3 Å². The van der Waals surface area contributed by atoms with E-state index in [1.165, 1.54) is 0 Å². The van der Waals surface area contributed by atoms with Crippen molar-refractivity contribution in [2.75, 3.05) is 6.61 Å². The molecule has 4 nitrogen and oxygen atoms in total. The molecule has 0 unspecified atom stereocenters. The van der Waals surface area contributed by atoms with E-state index < -0.39 is 0 Å². The lowest BCUT2D eigenvalue weighted by Crippen LogP contribution is -2.06. The van der Waals surface area contributed by atoms with Crippen molar-refractivity contribution in [2.24, 2.45) is 7.05 Å². The zero-order valence-electron chi connectivity index (χ0n) is 8.29. The lowest BCUT2D eigenvalue weighted by molar-refractivity contribution is -0.143. The summed E-state index contributed by atoms with van der Waals surface area (Å²) < 4.78 is 7.68. The van der Waals surface area contributed by atoms with Gasteiger partial charge in [-0.1, -0.05) is 0 Å². The smallest absolute Gasteiger partial charge is 0.306 e. The molecule has 0 amide bonds. The third kappa shape index (κ3) is 3.28. The van der Waals surface area contributed by atoms with Gasteiger partial charge in [0.2, 0.25) is 0 Å². The van der Waals surface area contributed by atoms with E-state index in [1.807, 2.05) is 20.2 Å². The summed E-state index contributed by atoms with van der Waals surface area (Å²) in [5.74, 6) is -0.158. The zero-order valence-corrected chi connectivity index (χ0v) is 10.4. The molecule has 1 rings (SSSR count). The molecule has 0 bridgehead atoms. The quantitative estimate of drug-likeness (QED) is 0.626. The Labute approximate surface area is 96.8 Å². The summed E-state index contributed by atoms with van der Waals surface area (Å²) in [6.45, 7) is 2.25. The fourth-order valence-corrected chi connectivity index (χ4v) is 1.91. The van der Waals surface area contributed by atoms with Gasteiger partial charge in [0.1, 0.15) is 0 Å². The number of ether oxygens (including phenoxy) is 1. The Kier molecular flexibility index (Phi) is 4.37. The van der Waals surface area contributed by atoms with Crippen LogP contribution in [0.15, 0.2) is 6.20 Å². The minimum absolute atomic E-state index is 0.158. The number of aryl methyl sites for hydroxylation is 2. The molecule has 0 fully saturated rings. The van der Waals surface area contributed by atoms with Crippen molar-refractivity contribution in [1.82, 2.24) is 9.78 Å². The normalized spacial score (nSPS) is 10.2. The molecule has 0 aliphatic carbocycles. The van der Waals surface area contributed by atoms with Gasteiger partial charge in [0, 0.05) is 19.7 Å². The molecule has 0 saturated heterocycles. The molecule has 1 heterocycles. The third-order valence-electron chi connectivity index (χ3n) is 1.73. The van der Waals surface area contributed by atoms with E-state index >= 15 is 0 Å². The van der Waals surface area contributed by atoms with Crippen LogP contribution in [-0.4, -0.2) is 22.4 Å². The lowest BCUT2D eigenvalue weighted by Gasteiger charge is -1.99. The molecule has 0 spiro atoms. The second-order valence-electron chi connectivity index (χ2n) is 2.90. The molecule has 0 N–H and O–H groups in total. The molecule has 0 aliphatic heterocycles. The van der Waals surface area contributed by atoms with Crippen molar-refractivity contribution >= 4 is 28.6 Å². The van der Waals surface area contributed by atoms with Gasteiger partial charge in [-0.05, 0) is 29.5 Å². The molecule has 0 radical (unpaired) electrons. The van der Waals surface area contributed by atoms with Gasteiger partial charge in [-0.2, -0.15) is 5.10 Å². The molecule has 14 heavy (non-hydrogen) atoms. The van der Waals surface area contributed by atoms with Crippen LogP contribution in [0.2, 0.25) is 0 Å². The first-order valence-electron chi connectivity index (χ1n) is 4.47. The molecular formula is C9H13IN2O2. The standard InChI is InChI=1S/C9H13IN2O2/c1-3-14-9(13)5-4-8-7(10)6-12(2)11-8/h6H,3-5H2,1-2H3. The number of hydrogen-bond donors (Lipinski definition) is 0. The first-order chi connectivity index (χ1) is 6.63. The van der Waals surface area contributed by atoms with Gasteiger partial charge >= 0.3 is 5.97 Å². The number of hydrogen-bond acceptors (Lipinski definition) is 3. The molecule has 0 atom stereocenters. The Bertz CT molecular complexity index is 323. The summed E-state index contributed by atoms with van der Waals surface area (Å²) >= 11 is 2.21. The second kappa shape index (κ2) is 5.33. The number of carbonyl (C=O) groups excluding carboxylic acids is 1. The molecule has 78 valence electrons. The van der Waals surface area contributed by atoms with E-state index in [1.54, 1.807) is 4.68 Å². The van der Waals surface area contributed by atoms with E-state index in [9.17, 15) is 4.79 Å². The van der Waals surface area contributed by atoms with Crippen molar-refractivity contribution < 1.29 is 9.53 Å². The molecule has 1 aromatic heterocycles. The van der Waals surface area contributed by atoms with E-state index in [4.69, 9.17) is 4.74 Å². The predicted octanol–water partition coefficient (Wildman–Crippen LogP) is 1.52. The van der Waals surface area contributed by atoms with E-state index in [-0.39, 0.29) is 5.97 Å². The van der Waals surface area contributed by atoms with E-state index in [2.05, 4.69) is 27.7 Å². The van der Waals surface area contributed by atoms with Gasteiger partial charge < -0.3 is 4.74 Å². The van der Waals surface area contributed by atoms with Crippen molar-refractivity contribution in [1.29, 1.82) is 0 Å². The fourth-order valence-electron chi connectivity index (χ4n) is 1.13. The topological polar surface area (TPSA) is 44.1 Å². The van der Waals surface area contributed by atoms with Crippen LogP contribution in [0.5, 0.6) is 0 Å². The number of aromatic nitrogens is 2. The minimum atomic E-state index is -0.158. The summed E-state index contributed by atoms with van der Waals surface area (Å²) in [7, 11) is 1.87. The van der Waals surface area contributed by atoms with Crippen LogP contribution in [0.25, 0.3) is 0 Å². The van der Waals surface area contributed by atoms with Gasteiger partial charge in [0.25, 0.3) is 0 Å². The lowest BCUT2D eigenvalue weighted by atomic mass is 10.2. The number of carbonyl (C=O) groups is 1. The molecule has 0 aromatic carbocycles. The highest BCUT2D eigenvalue weighted by Crippen LogP contribution is 2.11. The average molecular weight is 308 g/mol. The minimum Gasteiger partial charge on any atom is -0.466 e. The van der Waals surface area contributed by atoms with Crippen LogP contribution in [0, 0.1) is 3.57 Å². The van der Waals surface area contributed by atoms with Crippen LogP contribution in [0.1, 0.15) is 19.0 Å². The SMILES string of the molecule is CCOC(=O)CCc1nn(C)cc1I. The number of halogens is 1. The molecular weight excluding hydrogens is 295 g/mol.